The summed E-state index contributed by atoms with van der Waals surface area (Å²) in [7, 11) is 0. The Morgan fingerprint density at radius 2 is 2.07 bits per heavy atom. The van der Waals surface area contributed by atoms with Gasteiger partial charge in [-0.15, -0.1) is 0 Å². The highest BCUT2D eigenvalue weighted by Gasteiger charge is 2.09. The maximum absolute atomic E-state index is 9.77. The summed E-state index contributed by atoms with van der Waals surface area (Å²) in [5, 5.41) is 9.77. The number of nitrogens with zero attached hydrogens (tertiary/aromatic N) is 1. The van der Waals surface area contributed by atoms with Gasteiger partial charge in [-0.25, -0.2) is 4.98 Å². The van der Waals surface area contributed by atoms with Crippen molar-refractivity contribution in [2.75, 3.05) is 0 Å². The monoisotopic (exact) mass is 188 g/mol. The number of aliphatic hydroxyl groups is 1. The number of aromatic amines is 1. The van der Waals surface area contributed by atoms with Crippen molar-refractivity contribution in [1.29, 1.82) is 0 Å². The molecule has 0 spiro atoms. The van der Waals surface area contributed by atoms with Crippen molar-refractivity contribution in [2.24, 2.45) is 0 Å². The van der Waals surface area contributed by atoms with Gasteiger partial charge in [0.25, 0.3) is 0 Å². The highest BCUT2D eigenvalue weighted by Crippen LogP contribution is 2.13. The Labute approximate surface area is 82.4 Å². The molecule has 3 nitrogen and oxygen atoms in total. The summed E-state index contributed by atoms with van der Waals surface area (Å²) in [6.45, 7) is 0. The first-order valence-corrected chi connectivity index (χ1v) is 4.57. The quantitative estimate of drug-likeness (QED) is 0.770. The lowest BCUT2D eigenvalue weighted by atomic mass is 10.1. The molecule has 1 atom stereocenters. The van der Waals surface area contributed by atoms with Crippen LogP contribution >= 0.6 is 0 Å². The third-order valence-electron chi connectivity index (χ3n) is 2.11. The number of imidazole rings is 1. The van der Waals surface area contributed by atoms with Crippen molar-refractivity contribution in [3.8, 4) is 0 Å². The van der Waals surface area contributed by atoms with E-state index < -0.39 is 6.10 Å². The van der Waals surface area contributed by atoms with Crippen LogP contribution in [0.5, 0.6) is 0 Å². The lowest BCUT2D eigenvalue weighted by Crippen LogP contribution is -2.03. The van der Waals surface area contributed by atoms with Crippen LogP contribution in [0.2, 0.25) is 0 Å². The van der Waals surface area contributed by atoms with Crippen molar-refractivity contribution in [3.05, 3.63) is 54.1 Å². The molecule has 72 valence electrons. The molecule has 0 aliphatic rings. The van der Waals surface area contributed by atoms with Gasteiger partial charge in [-0.3, -0.25) is 0 Å². The maximum atomic E-state index is 9.77. The van der Waals surface area contributed by atoms with Gasteiger partial charge in [0.15, 0.2) is 0 Å². The van der Waals surface area contributed by atoms with Gasteiger partial charge in [-0.1, -0.05) is 30.3 Å². The number of nitrogens with one attached hydrogen (secondary N) is 1. The maximum Gasteiger partial charge on any atom is 0.135 e. The lowest BCUT2D eigenvalue weighted by molar-refractivity contribution is 0.169. The average molecular weight is 188 g/mol. The van der Waals surface area contributed by atoms with Crippen LogP contribution < -0.4 is 0 Å². The van der Waals surface area contributed by atoms with Crippen LogP contribution in [-0.2, 0) is 6.42 Å². The van der Waals surface area contributed by atoms with E-state index in [2.05, 4.69) is 9.97 Å². The molecule has 3 heteroatoms. The van der Waals surface area contributed by atoms with Gasteiger partial charge in [0, 0.05) is 18.8 Å². The molecule has 1 aromatic carbocycles. The van der Waals surface area contributed by atoms with Crippen molar-refractivity contribution in [1.82, 2.24) is 9.97 Å². The summed E-state index contributed by atoms with van der Waals surface area (Å²) >= 11 is 0. The van der Waals surface area contributed by atoms with E-state index in [1.54, 1.807) is 12.4 Å². The number of hydrogen-bond acceptors (Lipinski definition) is 2. The van der Waals surface area contributed by atoms with Crippen molar-refractivity contribution < 1.29 is 5.11 Å². The first kappa shape index (κ1) is 8.97. The minimum Gasteiger partial charge on any atom is -0.385 e. The van der Waals surface area contributed by atoms with Crippen LogP contribution in [0.1, 0.15) is 17.5 Å². The van der Waals surface area contributed by atoms with E-state index in [1.807, 2.05) is 30.3 Å². The molecule has 2 N–H and O–H groups in total. The average Bonchev–Trinajstić information content (AvgIpc) is 2.72. The second kappa shape index (κ2) is 4.07. The summed E-state index contributed by atoms with van der Waals surface area (Å²) in [5.74, 6) is 0.619. The molecule has 2 aromatic rings. The summed E-state index contributed by atoms with van der Waals surface area (Å²) in [5.41, 5.74) is 1.11. The SMILES string of the molecule is OC(Cc1ccccc1)c1ncc[nH]1. The van der Waals surface area contributed by atoms with Gasteiger partial charge in [0.1, 0.15) is 11.9 Å². The van der Waals surface area contributed by atoms with E-state index >= 15 is 0 Å². The largest absolute Gasteiger partial charge is 0.385 e. The molecular formula is C11H12N2O. The number of H-pyrrole nitrogens is 1. The normalized spacial score (nSPS) is 12.6. The lowest BCUT2D eigenvalue weighted by Gasteiger charge is -2.06. The second-order valence-electron chi connectivity index (χ2n) is 3.18. The Balaban J connectivity index is 2.06. The van der Waals surface area contributed by atoms with Gasteiger partial charge in [-0.05, 0) is 5.56 Å². The van der Waals surface area contributed by atoms with E-state index in [9.17, 15) is 5.11 Å². The molecule has 0 saturated carbocycles. The molecule has 14 heavy (non-hydrogen) atoms. The zero-order valence-corrected chi connectivity index (χ0v) is 7.72. The summed E-state index contributed by atoms with van der Waals surface area (Å²) < 4.78 is 0. The van der Waals surface area contributed by atoms with Crippen LogP contribution in [-0.4, -0.2) is 15.1 Å². The number of aliphatic hydroxyl groups excluding tert-OH is 1. The van der Waals surface area contributed by atoms with E-state index in [0.29, 0.717) is 12.2 Å². The highest BCUT2D eigenvalue weighted by atomic mass is 16.3. The summed E-state index contributed by atoms with van der Waals surface area (Å²) in [4.78, 5) is 6.90. The molecule has 0 amide bonds. The fraction of sp³-hybridized carbons (Fsp3) is 0.182. The zero-order valence-electron chi connectivity index (χ0n) is 7.72. The molecule has 0 aliphatic heterocycles. The van der Waals surface area contributed by atoms with E-state index in [0.717, 1.165) is 5.56 Å². The van der Waals surface area contributed by atoms with Crippen LogP contribution in [0.15, 0.2) is 42.7 Å². The number of rotatable bonds is 3. The molecule has 1 aromatic heterocycles. The molecule has 0 bridgehead atoms. The second-order valence-corrected chi connectivity index (χ2v) is 3.18. The van der Waals surface area contributed by atoms with Gasteiger partial charge in [0.2, 0.25) is 0 Å². The molecule has 0 radical (unpaired) electrons. The van der Waals surface area contributed by atoms with Crippen molar-refractivity contribution in [2.45, 2.75) is 12.5 Å². The van der Waals surface area contributed by atoms with Gasteiger partial charge in [0.05, 0.1) is 0 Å². The van der Waals surface area contributed by atoms with Crippen LogP contribution in [0.3, 0.4) is 0 Å². The van der Waals surface area contributed by atoms with E-state index in [4.69, 9.17) is 0 Å². The fourth-order valence-electron chi connectivity index (χ4n) is 1.39. The minimum atomic E-state index is -0.549. The predicted octanol–water partition coefficient (Wildman–Crippen LogP) is 1.69. The van der Waals surface area contributed by atoms with E-state index in [1.165, 1.54) is 0 Å². The Bertz CT molecular complexity index is 369. The molecule has 1 unspecified atom stereocenters. The third-order valence-corrected chi connectivity index (χ3v) is 2.11. The first-order valence-electron chi connectivity index (χ1n) is 4.57. The van der Waals surface area contributed by atoms with Crippen molar-refractivity contribution in [3.63, 3.8) is 0 Å². The van der Waals surface area contributed by atoms with Gasteiger partial charge >= 0.3 is 0 Å². The predicted molar refractivity (Wildman–Crippen MR) is 53.7 cm³/mol. The van der Waals surface area contributed by atoms with Crippen LogP contribution in [0.4, 0.5) is 0 Å². The van der Waals surface area contributed by atoms with Crippen molar-refractivity contribution >= 4 is 0 Å². The molecule has 0 aliphatic carbocycles. The highest BCUT2D eigenvalue weighted by molar-refractivity contribution is 5.16. The Kier molecular flexibility index (Phi) is 2.60. The Morgan fingerprint density at radius 3 is 2.71 bits per heavy atom. The Hall–Kier alpha value is -1.61. The minimum absolute atomic E-state index is 0.549. The Morgan fingerprint density at radius 1 is 1.29 bits per heavy atom. The molecule has 2 rings (SSSR count). The molecule has 0 saturated heterocycles. The number of hydrogen-bond donors (Lipinski definition) is 2. The van der Waals surface area contributed by atoms with Crippen LogP contribution in [0.25, 0.3) is 0 Å². The standard InChI is InChI=1S/C11H12N2O/c14-10(11-12-6-7-13-11)8-9-4-2-1-3-5-9/h1-7,10,14H,8H2,(H,12,13). The topological polar surface area (TPSA) is 48.9 Å². The number of benzene rings is 1. The molecule has 1 heterocycles. The van der Waals surface area contributed by atoms with E-state index in [-0.39, 0.29) is 0 Å². The van der Waals surface area contributed by atoms with Gasteiger partial charge in [-0.2, -0.15) is 0 Å². The smallest absolute Gasteiger partial charge is 0.135 e. The van der Waals surface area contributed by atoms with Crippen LogP contribution in [0, 0.1) is 0 Å². The fourth-order valence-corrected chi connectivity index (χ4v) is 1.39. The first-order chi connectivity index (χ1) is 6.86. The third kappa shape index (κ3) is 2.00. The molecule has 0 fully saturated rings. The summed E-state index contributed by atoms with van der Waals surface area (Å²) in [6.07, 6.45) is 3.40. The van der Waals surface area contributed by atoms with Gasteiger partial charge < -0.3 is 10.1 Å². The number of aromatic nitrogens is 2. The molecular weight excluding hydrogens is 176 g/mol. The zero-order chi connectivity index (χ0) is 9.80. The summed E-state index contributed by atoms with van der Waals surface area (Å²) in [6, 6.07) is 9.87.